The summed E-state index contributed by atoms with van der Waals surface area (Å²) in [5.41, 5.74) is 0. The molecule has 1 saturated heterocycles. The van der Waals surface area contributed by atoms with E-state index in [1.807, 2.05) is 13.8 Å². The van der Waals surface area contributed by atoms with E-state index in [0.717, 1.165) is 11.8 Å². The first-order valence-electron chi connectivity index (χ1n) is 6.49. The molecule has 1 rings (SSSR count). The molecule has 1 heterocycles. The van der Waals surface area contributed by atoms with Crippen molar-refractivity contribution in [3.05, 3.63) is 0 Å². The topological polar surface area (TPSA) is 106 Å². The highest BCUT2D eigenvalue weighted by atomic mass is 32.2. The Hall–Kier alpha value is -0.380. The number of amidine groups is 1. The van der Waals surface area contributed by atoms with E-state index in [1.165, 1.54) is 12.0 Å². The summed E-state index contributed by atoms with van der Waals surface area (Å²) in [6.45, 7) is 4.08. The molecule has 20 heavy (non-hydrogen) atoms. The van der Waals surface area contributed by atoms with Crippen molar-refractivity contribution in [1.82, 2.24) is 4.90 Å². The molecule has 0 amide bonds. The first kappa shape index (κ1) is 19.6. The van der Waals surface area contributed by atoms with Gasteiger partial charge in [0.15, 0.2) is 11.5 Å². The minimum absolute atomic E-state index is 0.0812. The zero-order valence-corrected chi connectivity index (χ0v) is 13.4. The molecule has 120 valence electrons. The number of hydrogen-bond donors (Lipinski definition) is 4. The Morgan fingerprint density at radius 1 is 1.25 bits per heavy atom. The first-order valence-corrected chi connectivity index (χ1v) is 7.37. The van der Waals surface area contributed by atoms with Crippen molar-refractivity contribution in [2.45, 2.75) is 43.7 Å². The zero-order valence-electron chi connectivity index (χ0n) is 12.6. The largest absolute Gasteiger partial charge is 0.389 e. The van der Waals surface area contributed by atoms with Crippen LogP contribution in [0.3, 0.4) is 0 Å². The normalized spacial score (nSPS) is 33.1. The van der Waals surface area contributed by atoms with E-state index in [-0.39, 0.29) is 11.8 Å². The van der Waals surface area contributed by atoms with Gasteiger partial charge >= 0.3 is 0 Å². The van der Waals surface area contributed by atoms with E-state index in [2.05, 4.69) is 0 Å². The van der Waals surface area contributed by atoms with Crippen LogP contribution in [0.4, 0.5) is 0 Å². The van der Waals surface area contributed by atoms with Crippen LogP contribution in [0, 0.1) is 5.41 Å². The molecule has 8 heteroatoms. The lowest BCUT2D eigenvalue weighted by atomic mass is 10.0. The molecule has 0 saturated carbocycles. The number of nitrogens with zero attached hydrogens (tertiary/aromatic N) is 1. The summed E-state index contributed by atoms with van der Waals surface area (Å²) < 4.78 is 10.0. The van der Waals surface area contributed by atoms with Crippen molar-refractivity contribution in [1.29, 1.82) is 5.41 Å². The van der Waals surface area contributed by atoms with Crippen molar-refractivity contribution >= 4 is 16.9 Å². The summed E-state index contributed by atoms with van der Waals surface area (Å²) in [5, 5.41) is 36.6. The Bertz CT molecular complexity index is 293. The molecule has 0 aliphatic carbocycles. The smallest absolute Gasteiger partial charge is 0.170 e. The van der Waals surface area contributed by atoms with Gasteiger partial charge in [-0.2, -0.15) is 0 Å². The van der Waals surface area contributed by atoms with Gasteiger partial charge in [0.2, 0.25) is 0 Å². The minimum Gasteiger partial charge on any atom is -0.389 e. The molecule has 0 aromatic carbocycles. The van der Waals surface area contributed by atoms with Gasteiger partial charge in [-0.05, 0) is 0 Å². The predicted molar refractivity (Wildman–Crippen MR) is 78.9 cm³/mol. The number of rotatable bonds is 3. The van der Waals surface area contributed by atoms with Crippen LogP contribution in [0.1, 0.15) is 13.8 Å². The number of hydrogen-bond acceptors (Lipinski definition) is 7. The number of methoxy groups -OCH3 is 1. The van der Waals surface area contributed by atoms with E-state index < -0.39 is 29.9 Å². The second kappa shape index (κ2) is 9.54. The molecule has 4 N–H and O–H groups in total. The fourth-order valence-electron chi connectivity index (χ4n) is 1.58. The summed E-state index contributed by atoms with van der Waals surface area (Å²) in [6.07, 6.45) is -4.36. The van der Waals surface area contributed by atoms with Gasteiger partial charge in [0, 0.05) is 21.2 Å². The second-order valence-corrected chi connectivity index (χ2v) is 5.45. The molecule has 5 unspecified atom stereocenters. The average Bonchev–Trinajstić information content (AvgIpc) is 2.42. The highest BCUT2D eigenvalue weighted by Crippen LogP contribution is 2.30. The summed E-state index contributed by atoms with van der Waals surface area (Å²) >= 11 is 0.952. The van der Waals surface area contributed by atoms with Crippen molar-refractivity contribution in [3.8, 4) is 0 Å². The number of nitrogens with one attached hydrogen (secondary N) is 1. The fraction of sp³-hybridized carbons (Fsp3) is 0.917. The van der Waals surface area contributed by atoms with E-state index >= 15 is 0 Å². The van der Waals surface area contributed by atoms with Crippen LogP contribution in [-0.2, 0) is 9.47 Å². The van der Waals surface area contributed by atoms with Gasteiger partial charge in [0.05, 0.1) is 18.0 Å². The second-order valence-electron chi connectivity index (χ2n) is 4.28. The molecule has 0 spiro atoms. The highest BCUT2D eigenvalue weighted by Gasteiger charge is 2.44. The Kier molecular flexibility index (Phi) is 9.36. The van der Waals surface area contributed by atoms with Crippen molar-refractivity contribution in [3.63, 3.8) is 0 Å². The van der Waals surface area contributed by atoms with Crippen LogP contribution in [0.5, 0.6) is 0 Å². The lowest BCUT2D eigenvalue weighted by Crippen LogP contribution is -2.57. The SMILES string of the molecule is CC.COCC1OC(O)C(SC(=N)N(C)C)C(O)C1O. The Labute approximate surface area is 124 Å². The van der Waals surface area contributed by atoms with Crippen molar-refractivity contribution in [2.75, 3.05) is 27.8 Å². The minimum atomic E-state index is -1.26. The molecule has 5 atom stereocenters. The quantitative estimate of drug-likeness (QED) is 0.419. The maximum absolute atomic E-state index is 9.95. The molecule has 0 bridgehead atoms. The molecular formula is C12H26N2O5S. The van der Waals surface area contributed by atoms with E-state index in [4.69, 9.17) is 14.9 Å². The first-order chi connectivity index (χ1) is 9.38. The fourth-order valence-corrected chi connectivity index (χ4v) is 2.53. The van der Waals surface area contributed by atoms with E-state index in [9.17, 15) is 15.3 Å². The molecule has 0 radical (unpaired) electrons. The maximum atomic E-state index is 9.95. The monoisotopic (exact) mass is 310 g/mol. The number of aliphatic hydroxyl groups is 3. The Morgan fingerprint density at radius 3 is 2.25 bits per heavy atom. The summed E-state index contributed by atoms with van der Waals surface area (Å²) in [7, 11) is 4.81. The lowest BCUT2D eigenvalue weighted by Gasteiger charge is -2.40. The van der Waals surface area contributed by atoms with Gasteiger partial charge in [-0.25, -0.2) is 0 Å². The summed E-state index contributed by atoms with van der Waals surface area (Å²) in [5.74, 6) is 0. The average molecular weight is 310 g/mol. The van der Waals surface area contributed by atoms with Gasteiger partial charge in [-0.3, -0.25) is 5.41 Å². The van der Waals surface area contributed by atoms with Gasteiger partial charge in [0.25, 0.3) is 0 Å². The number of thioether (sulfide) groups is 1. The van der Waals surface area contributed by atoms with E-state index in [0.29, 0.717) is 0 Å². The highest BCUT2D eigenvalue weighted by molar-refractivity contribution is 8.14. The lowest BCUT2D eigenvalue weighted by molar-refractivity contribution is -0.236. The molecule has 7 nitrogen and oxygen atoms in total. The van der Waals surface area contributed by atoms with Gasteiger partial charge in [0.1, 0.15) is 12.2 Å². The van der Waals surface area contributed by atoms with Crippen LogP contribution < -0.4 is 0 Å². The van der Waals surface area contributed by atoms with Crippen LogP contribution in [-0.4, -0.2) is 83.1 Å². The predicted octanol–water partition coefficient (Wildman–Crippen LogP) is -0.304. The van der Waals surface area contributed by atoms with Crippen LogP contribution >= 0.6 is 11.8 Å². The number of ether oxygens (including phenoxy) is 2. The van der Waals surface area contributed by atoms with Crippen molar-refractivity contribution < 1.29 is 24.8 Å². The Morgan fingerprint density at radius 2 is 1.80 bits per heavy atom. The third-order valence-corrected chi connectivity index (χ3v) is 4.02. The summed E-state index contributed by atoms with van der Waals surface area (Å²) in [6, 6.07) is 0. The van der Waals surface area contributed by atoms with Crippen molar-refractivity contribution in [2.24, 2.45) is 0 Å². The van der Waals surface area contributed by atoms with Crippen LogP contribution in [0.15, 0.2) is 0 Å². The molecule has 1 fully saturated rings. The third-order valence-electron chi connectivity index (χ3n) is 2.65. The molecule has 0 aromatic rings. The number of aliphatic hydroxyl groups excluding tert-OH is 3. The molecule has 0 aromatic heterocycles. The maximum Gasteiger partial charge on any atom is 0.170 e. The van der Waals surface area contributed by atoms with Gasteiger partial charge in [-0.15, -0.1) is 0 Å². The Balaban J connectivity index is 0.00000172. The van der Waals surface area contributed by atoms with E-state index in [1.54, 1.807) is 14.1 Å². The zero-order chi connectivity index (χ0) is 15.9. The summed E-state index contributed by atoms with van der Waals surface area (Å²) in [4.78, 5) is 1.54. The van der Waals surface area contributed by atoms with Crippen LogP contribution in [0.25, 0.3) is 0 Å². The van der Waals surface area contributed by atoms with Crippen LogP contribution in [0.2, 0.25) is 0 Å². The molecule has 1 aliphatic heterocycles. The standard InChI is InChI=1S/C10H20N2O5S.C2H6/c1-12(2)10(11)18-8-7(14)6(13)5(4-16-3)17-9(8)15;1-2/h5-9,11,13-15H,4H2,1-3H3;1-2H3. The van der Waals surface area contributed by atoms with Gasteiger partial charge < -0.3 is 29.7 Å². The van der Waals surface area contributed by atoms with Gasteiger partial charge in [-0.1, -0.05) is 25.6 Å². The molecular weight excluding hydrogens is 284 g/mol. The molecule has 1 aliphatic rings. The third kappa shape index (κ3) is 5.19.